The van der Waals surface area contributed by atoms with Crippen LogP contribution in [0.5, 0.6) is 0 Å². The highest BCUT2D eigenvalue weighted by Gasteiger charge is 2.19. The van der Waals surface area contributed by atoms with Gasteiger partial charge in [0.1, 0.15) is 0 Å². The molecule has 114 valence electrons. The minimum absolute atomic E-state index is 0.0718. The number of hydrogen-bond donors (Lipinski definition) is 2. The first kappa shape index (κ1) is 16.8. The average Bonchev–Trinajstić information content (AvgIpc) is 2.75. The van der Waals surface area contributed by atoms with Gasteiger partial charge in [0.2, 0.25) is 0 Å². The van der Waals surface area contributed by atoms with Gasteiger partial charge in [-0.3, -0.25) is 16.0 Å². The molecule has 2 rings (SSSR count). The van der Waals surface area contributed by atoms with E-state index in [9.17, 15) is 0 Å². The van der Waals surface area contributed by atoms with Gasteiger partial charge in [-0.05, 0) is 47.5 Å². The van der Waals surface area contributed by atoms with Crippen LogP contribution < -0.4 is 11.3 Å². The number of aromatic nitrogens is 2. The van der Waals surface area contributed by atoms with Crippen molar-refractivity contribution in [2.24, 2.45) is 5.84 Å². The van der Waals surface area contributed by atoms with E-state index in [4.69, 9.17) is 29.0 Å². The van der Waals surface area contributed by atoms with Gasteiger partial charge in [-0.25, -0.2) is 0 Å². The van der Waals surface area contributed by atoms with Gasteiger partial charge in [-0.2, -0.15) is 5.10 Å². The first-order chi connectivity index (χ1) is 9.97. The maximum Gasteiger partial charge on any atom is 0.0738 e. The maximum absolute atomic E-state index is 6.08. The lowest BCUT2D eigenvalue weighted by Gasteiger charge is -2.18. The molecule has 0 saturated heterocycles. The number of aryl methyl sites for hydroxylation is 2. The highest BCUT2D eigenvalue weighted by Crippen LogP contribution is 2.29. The van der Waals surface area contributed by atoms with Crippen LogP contribution >= 0.6 is 39.1 Å². The van der Waals surface area contributed by atoms with E-state index in [1.54, 1.807) is 6.07 Å². The van der Waals surface area contributed by atoms with Crippen molar-refractivity contribution >= 4 is 39.1 Å². The van der Waals surface area contributed by atoms with E-state index in [0.29, 0.717) is 16.5 Å². The summed E-state index contributed by atoms with van der Waals surface area (Å²) in [6, 6.07) is 5.46. The number of nitrogens with two attached hydrogens (primary N) is 1. The summed E-state index contributed by atoms with van der Waals surface area (Å²) >= 11 is 15.6. The molecule has 7 heteroatoms. The summed E-state index contributed by atoms with van der Waals surface area (Å²) < 4.78 is 2.99. The Morgan fingerprint density at radius 2 is 2.10 bits per heavy atom. The molecule has 21 heavy (non-hydrogen) atoms. The second-order valence-corrected chi connectivity index (χ2v) is 6.37. The van der Waals surface area contributed by atoms with Crippen LogP contribution in [0, 0.1) is 6.92 Å². The number of nitrogens with zero attached hydrogens (tertiary/aromatic N) is 2. The van der Waals surface area contributed by atoms with Crippen LogP contribution in [0.2, 0.25) is 10.0 Å². The summed E-state index contributed by atoms with van der Waals surface area (Å²) in [4.78, 5) is 0. The van der Waals surface area contributed by atoms with Crippen molar-refractivity contribution in [3.05, 3.63) is 49.7 Å². The van der Waals surface area contributed by atoms with Gasteiger partial charge in [0.15, 0.2) is 0 Å². The maximum atomic E-state index is 6.08. The second-order valence-electron chi connectivity index (χ2n) is 4.76. The number of hydrazine groups is 1. The van der Waals surface area contributed by atoms with Crippen molar-refractivity contribution in [3.8, 4) is 0 Å². The van der Waals surface area contributed by atoms with Crippen molar-refractivity contribution in [2.75, 3.05) is 0 Å². The molecule has 0 spiro atoms. The Morgan fingerprint density at radius 3 is 2.67 bits per heavy atom. The van der Waals surface area contributed by atoms with Gasteiger partial charge in [0.05, 0.1) is 31.9 Å². The highest BCUT2D eigenvalue weighted by molar-refractivity contribution is 9.10. The predicted molar refractivity (Wildman–Crippen MR) is 90.6 cm³/mol. The topological polar surface area (TPSA) is 55.9 Å². The summed E-state index contributed by atoms with van der Waals surface area (Å²) in [6.45, 7) is 4.84. The fourth-order valence-corrected chi connectivity index (χ4v) is 3.01. The lowest BCUT2D eigenvalue weighted by Crippen LogP contribution is -2.30. The van der Waals surface area contributed by atoms with Crippen molar-refractivity contribution in [1.82, 2.24) is 15.2 Å². The van der Waals surface area contributed by atoms with Crippen LogP contribution in [-0.2, 0) is 13.0 Å². The molecule has 3 N–H and O–H groups in total. The van der Waals surface area contributed by atoms with E-state index < -0.39 is 0 Å². The number of benzene rings is 1. The van der Waals surface area contributed by atoms with E-state index in [1.807, 2.05) is 23.7 Å². The molecule has 0 aliphatic rings. The van der Waals surface area contributed by atoms with Crippen molar-refractivity contribution < 1.29 is 0 Å². The first-order valence-electron chi connectivity index (χ1n) is 6.60. The van der Waals surface area contributed by atoms with Crippen LogP contribution in [0.15, 0.2) is 22.7 Å². The molecule has 0 aliphatic heterocycles. The van der Waals surface area contributed by atoms with Crippen LogP contribution in [0.25, 0.3) is 0 Å². The van der Waals surface area contributed by atoms with Gasteiger partial charge in [-0.1, -0.05) is 29.3 Å². The molecule has 1 aromatic carbocycles. The third-order valence-electron chi connectivity index (χ3n) is 3.40. The average molecular weight is 392 g/mol. The van der Waals surface area contributed by atoms with E-state index >= 15 is 0 Å². The van der Waals surface area contributed by atoms with E-state index in [2.05, 4.69) is 33.4 Å². The van der Waals surface area contributed by atoms with Crippen LogP contribution in [0.4, 0.5) is 0 Å². The molecule has 0 radical (unpaired) electrons. The van der Waals surface area contributed by atoms with Gasteiger partial charge in [0.25, 0.3) is 0 Å². The monoisotopic (exact) mass is 390 g/mol. The van der Waals surface area contributed by atoms with Crippen molar-refractivity contribution in [3.63, 3.8) is 0 Å². The Bertz CT molecular complexity index is 642. The molecule has 0 amide bonds. The predicted octanol–water partition coefficient (Wildman–Crippen LogP) is 4.03. The summed E-state index contributed by atoms with van der Waals surface area (Å²) in [6.07, 6.45) is 0.698. The Kier molecular flexibility index (Phi) is 5.68. The third kappa shape index (κ3) is 3.60. The molecule has 0 aliphatic carbocycles. The summed E-state index contributed by atoms with van der Waals surface area (Å²) in [5, 5.41) is 5.55. The smallest absolute Gasteiger partial charge is 0.0738 e. The zero-order chi connectivity index (χ0) is 15.6. The number of hydrogen-bond acceptors (Lipinski definition) is 3. The van der Waals surface area contributed by atoms with Gasteiger partial charge in [-0.15, -0.1) is 0 Å². The normalized spacial score (nSPS) is 12.7. The van der Waals surface area contributed by atoms with Crippen LogP contribution in [-0.4, -0.2) is 9.78 Å². The minimum atomic E-state index is -0.0718. The number of halogens is 3. The zero-order valence-electron chi connectivity index (χ0n) is 11.8. The van der Waals surface area contributed by atoms with Gasteiger partial charge < -0.3 is 0 Å². The Morgan fingerprint density at radius 1 is 1.38 bits per heavy atom. The molecule has 2 aromatic rings. The molecule has 0 fully saturated rings. The number of nitrogens with one attached hydrogen (secondary N) is 1. The molecule has 1 aromatic heterocycles. The fourth-order valence-electron chi connectivity index (χ4n) is 2.26. The largest absolute Gasteiger partial charge is 0.271 e. The van der Waals surface area contributed by atoms with Crippen molar-refractivity contribution in [2.45, 2.75) is 32.9 Å². The number of rotatable bonds is 5. The standard InChI is InChI=1S/C14H17BrCl2N4/c1-3-21-13(14(15)8(2)20-21)7-12(19-18)9-4-5-10(16)11(17)6-9/h4-6,12,19H,3,7,18H2,1-2H3. The SMILES string of the molecule is CCn1nc(C)c(Br)c1CC(NN)c1ccc(Cl)c(Cl)c1. The molecule has 1 unspecified atom stereocenters. The lowest BCUT2D eigenvalue weighted by atomic mass is 10.0. The summed E-state index contributed by atoms with van der Waals surface area (Å²) in [5.74, 6) is 5.72. The lowest BCUT2D eigenvalue weighted by molar-refractivity contribution is 0.516. The highest BCUT2D eigenvalue weighted by atomic mass is 79.9. The molecule has 1 atom stereocenters. The Balaban J connectivity index is 2.33. The Labute approximate surface area is 142 Å². The van der Waals surface area contributed by atoms with E-state index in [-0.39, 0.29) is 6.04 Å². The molecular weight excluding hydrogens is 375 g/mol. The molecule has 0 bridgehead atoms. The zero-order valence-corrected chi connectivity index (χ0v) is 14.9. The fraction of sp³-hybridized carbons (Fsp3) is 0.357. The van der Waals surface area contributed by atoms with E-state index in [1.165, 1.54) is 0 Å². The van der Waals surface area contributed by atoms with E-state index in [0.717, 1.165) is 28.0 Å². The second kappa shape index (κ2) is 7.11. The summed E-state index contributed by atoms with van der Waals surface area (Å²) in [7, 11) is 0. The molecule has 0 saturated carbocycles. The quantitative estimate of drug-likeness (QED) is 0.597. The molecular formula is C14H17BrCl2N4. The van der Waals surface area contributed by atoms with Crippen LogP contribution in [0.3, 0.4) is 0 Å². The Hall–Kier alpha value is -0.590. The third-order valence-corrected chi connectivity index (χ3v) is 5.17. The van der Waals surface area contributed by atoms with Crippen molar-refractivity contribution in [1.29, 1.82) is 0 Å². The molecule has 1 heterocycles. The van der Waals surface area contributed by atoms with Gasteiger partial charge >= 0.3 is 0 Å². The summed E-state index contributed by atoms with van der Waals surface area (Å²) in [5.41, 5.74) is 5.89. The minimum Gasteiger partial charge on any atom is -0.271 e. The first-order valence-corrected chi connectivity index (χ1v) is 8.15. The van der Waals surface area contributed by atoms with Crippen LogP contribution in [0.1, 0.15) is 29.9 Å². The molecule has 4 nitrogen and oxygen atoms in total. The van der Waals surface area contributed by atoms with Gasteiger partial charge in [0, 0.05) is 13.0 Å².